The third-order valence-electron chi connectivity index (χ3n) is 6.12. The van der Waals surface area contributed by atoms with Crippen LogP contribution in [0.1, 0.15) is 25.7 Å². The minimum absolute atomic E-state index is 0.107. The molecule has 170 valence electrons. The number of H-pyrrole nitrogens is 1. The van der Waals surface area contributed by atoms with Crippen LogP contribution in [0.3, 0.4) is 0 Å². The Hall–Kier alpha value is -2.11. The Labute approximate surface area is 178 Å². The number of nitrogens with zero attached hydrogens (tertiary/aromatic N) is 1. The smallest absolute Gasteiger partial charge is 0.361 e. The van der Waals surface area contributed by atoms with Gasteiger partial charge < -0.3 is 15.2 Å². The zero-order valence-corrected chi connectivity index (χ0v) is 17.6. The largest absolute Gasteiger partial charge is 0.405 e. The second kappa shape index (κ2) is 8.44. The molecule has 3 N–H and O–H groups in total. The van der Waals surface area contributed by atoms with Gasteiger partial charge in [0.15, 0.2) is 0 Å². The van der Waals surface area contributed by atoms with Crippen LogP contribution in [0.15, 0.2) is 35.4 Å². The summed E-state index contributed by atoms with van der Waals surface area (Å²) in [5.74, 6) is -0.641. The second-order valence-corrected chi connectivity index (χ2v) is 9.94. The van der Waals surface area contributed by atoms with Crippen LogP contribution in [0, 0.1) is 5.92 Å². The van der Waals surface area contributed by atoms with Crippen molar-refractivity contribution < 1.29 is 26.4 Å². The number of hydrogen-bond acceptors (Lipinski definition) is 4. The number of sulfonamides is 1. The van der Waals surface area contributed by atoms with E-state index in [4.69, 9.17) is 0 Å². The maximum atomic E-state index is 13.0. The first kappa shape index (κ1) is 22.1. The van der Waals surface area contributed by atoms with E-state index in [0.717, 1.165) is 10.9 Å². The van der Waals surface area contributed by atoms with E-state index < -0.39 is 22.2 Å². The van der Waals surface area contributed by atoms with Crippen LogP contribution in [0.25, 0.3) is 10.9 Å². The van der Waals surface area contributed by atoms with Crippen LogP contribution in [-0.4, -0.2) is 62.1 Å². The molecule has 2 heterocycles. The lowest BCUT2D eigenvalue weighted by Crippen LogP contribution is -2.59. The summed E-state index contributed by atoms with van der Waals surface area (Å²) in [6.07, 6.45) is -0.824. The number of piperazine rings is 1. The van der Waals surface area contributed by atoms with Crippen LogP contribution < -0.4 is 10.0 Å². The third-order valence-corrected chi connectivity index (χ3v) is 7.64. The van der Waals surface area contributed by atoms with Crippen LogP contribution >= 0.6 is 0 Å². The lowest BCUT2D eigenvalue weighted by molar-refractivity contribution is -0.169. The highest BCUT2D eigenvalue weighted by Crippen LogP contribution is 2.29. The molecule has 1 aromatic carbocycles. The fourth-order valence-electron chi connectivity index (χ4n) is 4.37. The molecule has 1 atom stereocenters. The van der Waals surface area contributed by atoms with Crippen LogP contribution in [0.5, 0.6) is 0 Å². The fraction of sp³-hybridized carbons (Fsp3) is 0.550. The first-order valence-electron chi connectivity index (χ1n) is 10.3. The molecular formula is C20H25F3N4O3S. The number of hydrogen-bond donors (Lipinski definition) is 3. The Morgan fingerprint density at radius 2 is 1.87 bits per heavy atom. The molecule has 1 unspecified atom stereocenters. The SMILES string of the molecule is O=C(C1CCC(NS(=O)(=O)c2ccc3cc[nH]c3c2)CC1)N1CCNC(C(F)(F)F)C1. The van der Waals surface area contributed by atoms with E-state index in [-0.39, 0.29) is 42.4 Å². The van der Waals surface area contributed by atoms with Crippen molar-refractivity contribution in [3.05, 3.63) is 30.5 Å². The Kier molecular flexibility index (Phi) is 6.01. The second-order valence-electron chi connectivity index (χ2n) is 8.23. The molecule has 0 spiro atoms. The van der Waals surface area contributed by atoms with Gasteiger partial charge in [-0.1, -0.05) is 6.07 Å². The van der Waals surface area contributed by atoms with Crippen LogP contribution in [0.2, 0.25) is 0 Å². The highest BCUT2D eigenvalue weighted by Gasteiger charge is 2.43. The number of aromatic nitrogens is 1. The predicted octanol–water partition coefficient (Wildman–Crippen LogP) is 2.37. The first-order chi connectivity index (χ1) is 14.6. The lowest BCUT2D eigenvalue weighted by atomic mass is 9.85. The predicted molar refractivity (Wildman–Crippen MR) is 109 cm³/mol. The van der Waals surface area contributed by atoms with Gasteiger partial charge in [0.25, 0.3) is 0 Å². The van der Waals surface area contributed by atoms with Crippen molar-refractivity contribution in [1.82, 2.24) is 19.9 Å². The number of carbonyl (C=O) groups is 1. The van der Waals surface area contributed by atoms with Crippen molar-refractivity contribution in [2.45, 2.75) is 48.8 Å². The van der Waals surface area contributed by atoms with E-state index in [1.165, 1.54) is 4.90 Å². The van der Waals surface area contributed by atoms with Crippen LogP contribution in [-0.2, 0) is 14.8 Å². The summed E-state index contributed by atoms with van der Waals surface area (Å²) in [7, 11) is -3.71. The topological polar surface area (TPSA) is 94.3 Å². The third kappa shape index (κ3) is 4.88. The molecule has 2 aromatic rings. The number of rotatable bonds is 4. The molecule has 11 heteroatoms. The van der Waals surface area contributed by atoms with Gasteiger partial charge in [0.05, 0.1) is 4.90 Å². The summed E-state index contributed by atoms with van der Waals surface area (Å²) in [6, 6.07) is 4.71. The quantitative estimate of drug-likeness (QED) is 0.656. The van der Waals surface area contributed by atoms with Gasteiger partial charge in [0.2, 0.25) is 15.9 Å². The molecule has 1 aromatic heterocycles. The molecular weight excluding hydrogens is 433 g/mol. The molecule has 0 radical (unpaired) electrons. The minimum atomic E-state index is -4.39. The van der Waals surface area contributed by atoms with Crippen LogP contribution in [0.4, 0.5) is 13.2 Å². The van der Waals surface area contributed by atoms with E-state index in [0.29, 0.717) is 25.7 Å². The molecule has 0 bridgehead atoms. The maximum absolute atomic E-state index is 13.0. The van der Waals surface area contributed by atoms with E-state index in [2.05, 4.69) is 15.0 Å². The number of nitrogens with one attached hydrogen (secondary N) is 3. The average molecular weight is 459 g/mol. The number of fused-ring (bicyclic) bond motifs is 1. The number of carbonyl (C=O) groups excluding carboxylic acids is 1. The normalized spacial score (nSPS) is 25.6. The highest BCUT2D eigenvalue weighted by atomic mass is 32.2. The standard InChI is InChI=1S/C20H25F3N4O3S/c21-20(22,23)18-12-27(10-9-25-18)19(28)14-1-4-15(5-2-14)26-31(29,30)16-6-3-13-7-8-24-17(13)11-16/h3,6-8,11,14-15,18,24-26H,1-2,4-5,9-10,12H2. The first-order valence-corrected chi connectivity index (χ1v) is 11.8. The molecule has 7 nitrogen and oxygen atoms in total. The average Bonchev–Trinajstić information content (AvgIpc) is 3.21. The molecule has 1 aliphatic heterocycles. The summed E-state index contributed by atoms with van der Waals surface area (Å²) in [6.45, 7) is -0.0223. The number of alkyl halides is 3. The molecule has 4 rings (SSSR count). The van der Waals surface area contributed by atoms with Gasteiger partial charge in [0.1, 0.15) is 6.04 Å². The van der Waals surface area contributed by atoms with Gasteiger partial charge in [-0.05, 0) is 49.3 Å². The zero-order valence-electron chi connectivity index (χ0n) is 16.8. The summed E-state index contributed by atoms with van der Waals surface area (Å²) >= 11 is 0. The summed E-state index contributed by atoms with van der Waals surface area (Å²) in [5, 5.41) is 3.32. The highest BCUT2D eigenvalue weighted by molar-refractivity contribution is 7.89. The summed E-state index contributed by atoms with van der Waals surface area (Å²) < 4.78 is 67.1. The molecule has 1 saturated heterocycles. The van der Waals surface area contributed by atoms with Gasteiger partial charge in [-0.25, -0.2) is 13.1 Å². The van der Waals surface area contributed by atoms with Crippen molar-refractivity contribution in [2.75, 3.05) is 19.6 Å². The minimum Gasteiger partial charge on any atom is -0.361 e. The fourth-order valence-corrected chi connectivity index (χ4v) is 5.70. The van der Waals surface area contributed by atoms with Gasteiger partial charge in [0, 0.05) is 43.3 Å². The van der Waals surface area contributed by atoms with E-state index in [9.17, 15) is 26.4 Å². The molecule has 31 heavy (non-hydrogen) atoms. The van der Waals surface area contributed by atoms with E-state index in [1.807, 2.05) is 6.07 Å². The number of benzene rings is 1. The molecule has 1 saturated carbocycles. The molecule has 2 fully saturated rings. The number of aromatic amines is 1. The molecule has 1 aliphatic carbocycles. The van der Waals surface area contributed by atoms with Gasteiger partial charge in [-0.15, -0.1) is 0 Å². The van der Waals surface area contributed by atoms with Crippen molar-refractivity contribution in [2.24, 2.45) is 5.92 Å². The Bertz CT molecular complexity index is 1050. The van der Waals surface area contributed by atoms with Gasteiger partial charge in [-0.3, -0.25) is 4.79 Å². The maximum Gasteiger partial charge on any atom is 0.405 e. The Balaban J connectivity index is 1.33. The lowest BCUT2D eigenvalue weighted by Gasteiger charge is -2.38. The Morgan fingerprint density at radius 1 is 1.13 bits per heavy atom. The molecule has 1 amide bonds. The zero-order chi connectivity index (χ0) is 22.2. The summed E-state index contributed by atoms with van der Waals surface area (Å²) in [5.41, 5.74) is 0.727. The van der Waals surface area contributed by atoms with Gasteiger partial charge >= 0.3 is 6.18 Å². The van der Waals surface area contributed by atoms with E-state index >= 15 is 0 Å². The number of halogens is 3. The summed E-state index contributed by atoms with van der Waals surface area (Å²) in [4.78, 5) is 17.2. The number of amides is 1. The van der Waals surface area contributed by atoms with E-state index in [1.54, 1.807) is 24.4 Å². The van der Waals surface area contributed by atoms with Crippen molar-refractivity contribution in [1.29, 1.82) is 0 Å². The van der Waals surface area contributed by atoms with Gasteiger partial charge in [-0.2, -0.15) is 13.2 Å². The van der Waals surface area contributed by atoms with Crippen molar-refractivity contribution >= 4 is 26.8 Å². The molecule has 2 aliphatic rings. The van der Waals surface area contributed by atoms with Crippen molar-refractivity contribution in [3.8, 4) is 0 Å². The van der Waals surface area contributed by atoms with Crippen molar-refractivity contribution in [3.63, 3.8) is 0 Å². The monoisotopic (exact) mass is 458 g/mol. The Morgan fingerprint density at radius 3 is 2.58 bits per heavy atom.